The second-order valence-electron chi connectivity index (χ2n) is 4.51. The second kappa shape index (κ2) is 7.31. The van der Waals surface area contributed by atoms with Gasteiger partial charge >= 0.3 is 0 Å². The molecule has 2 aromatic carbocycles. The van der Waals surface area contributed by atoms with Gasteiger partial charge in [-0.3, -0.25) is 4.79 Å². The molecule has 1 amide bonds. The van der Waals surface area contributed by atoms with Crippen LogP contribution in [0.4, 0.5) is 11.4 Å². The third-order valence-electron chi connectivity index (χ3n) is 2.84. The molecule has 0 aliphatic heterocycles. The molecule has 0 heterocycles. The van der Waals surface area contributed by atoms with E-state index in [9.17, 15) is 4.79 Å². The minimum Gasteiger partial charge on any atom is -0.497 e. The van der Waals surface area contributed by atoms with Gasteiger partial charge < -0.3 is 20.5 Å². The number of ether oxygens (including phenoxy) is 2. The van der Waals surface area contributed by atoms with Crippen LogP contribution in [-0.4, -0.2) is 19.6 Å². The van der Waals surface area contributed by atoms with Crippen molar-refractivity contribution in [2.45, 2.75) is 6.61 Å². The first-order valence-electron chi connectivity index (χ1n) is 6.53. The van der Waals surface area contributed by atoms with Gasteiger partial charge in [0.2, 0.25) is 5.91 Å². The Balaban J connectivity index is 1.78. The topological polar surface area (TPSA) is 73.6 Å². The van der Waals surface area contributed by atoms with Gasteiger partial charge in [-0.05, 0) is 29.8 Å². The summed E-state index contributed by atoms with van der Waals surface area (Å²) in [6.07, 6.45) is 0. The van der Waals surface area contributed by atoms with Gasteiger partial charge in [0, 0.05) is 17.4 Å². The van der Waals surface area contributed by atoms with E-state index in [2.05, 4.69) is 5.32 Å². The fraction of sp³-hybridized carbons (Fsp3) is 0.188. The van der Waals surface area contributed by atoms with Crippen LogP contribution in [0.2, 0.25) is 0 Å². The van der Waals surface area contributed by atoms with Crippen LogP contribution in [0.1, 0.15) is 5.56 Å². The van der Waals surface area contributed by atoms with Crippen LogP contribution in [0.5, 0.6) is 5.75 Å². The van der Waals surface area contributed by atoms with Crippen molar-refractivity contribution >= 4 is 17.3 Å². The number of methoxy groups -OCH3 is 1. The minimum atomic E-state index is -0.210. The first-order chi connectivity index (χ1) is 10.2. The highest BCUT2D eigenvalue weighted by Gasteiger charge is 2.04. The normalized spacial score (nSPS) is 10.1. The van der Waals surface area contributed by atoms with E-state index >= 15 is 0 Å². The zero-order valence-electron chi connectivity index (χ0n) is 11.8. The lowest BCUT2D eigenvalue weighted by Crippen LogP contribution is -2.18. The molecule has 0 aromatic heterocycles. The van der Waals surface area contributed by atoms with Gasteiger partial charge in [-0.25, -0.2) is 0 Å². The van der Waals surface area contributed by atoms with E-state index in [1.807, 2.05) is 24.3 Å². The maximum atomic E-state index is 11.8. The quantitative estimate of drug-likeness (QED) is 0.800. The summed E-state index contributed by atoms with van der Waals surface area (Å²) in [5.74, 6) is 0.481. The van der Waals surface area contributed by atoms with E-state index in [4.69, 9.17) is 15.2 Å². The maximum Gasteiger partial charge on any atom is 0.250 e. The number of carbonyl (C=O) groups is 1. The molecule has 0 radical (unpaired) electrons. The first-order valence-corrected chi connectivity index (χ1v) is 6.53. The van der Waals surface area contributed by atoms with Crippen LogP contribution in [-0.2, 0) is 16.1 Å². The number of anilines is 2. The highest BCUT2D eigenvalue weighted by molar-refractivity contribution is 5.91. The molecule has 0 spiro atoms. The number of amides is 1. The number of hydrogen-bond acceptors (Lipinski definition) is 4. The molecular weight excluding hydrogens is 268 g/mol. The molecule has 0 bridgehead atoms. The number of benzene rings is 2. The molecule has 5 heteroatoms. The predicted octanol–water partition coefficient (Wildman–Crippen LogP) is 2.43. The molecule has 0 saturated heterocycles. The highest BCUT2D eigenvalue weighted by atomic mass is 16.5. The highest BCUT2D eigenvalue weighted by Crippen LogP contribution is 2.16. The molecule has 3 N–H and O–H groups in total. The summed E-state index contributed by atoms with van der Waals surface area (Å²) < 4.78 is 10.5. The molecule has 5 nitrogen and oxygen atoms in total. The maximum absolute atomic E-state index is 11.8. The van der Waals surface area contributed by atoms with E-state index in [0.29, 0.717) is 23.7 Å². The number of nitrogens with one attached hydrogen (secondary N) is 1. The van der Waals surface area contributed by atoms with E-state index in [0.717, 1.165) is 5.56 Å². The smallest absolute Gasteiger partial charge is 0.250 e. The Morgan fingerprint density at radius 3 is 2.67 bits per heavy atom. The van der Waals surface area contributed by atoms with Gasteiger partial charge in [0.25, 0.3) is 0 Å². The summed E-state index contributed by atoms with van der Waals surface area (Å²) in [6.45, 7) is 0.355. The molecular formula is C16H18N2O3. The molecule has 0 aliphatic rings. The van der Waals surface area contributed by atoms with Gasteiger partial charge in [0.1, 0.15) is 12.4 Å². The Labute approximate surface area is 123 Å². The van der Waals surface area contributed by atoms with Gasteiger partial charge in [0.15, 0.2) is 0 Å². The Kier molecular flexibility index (Phi) is 5.17. The van der Waals surface area contributed by atoms with Crippen molar-refractivity contribution in [3.05, 3.63) is 54.1 Å². The summed E-state index contributed by atoms with van der Waals surface area (Å²) in [5.41, 5.74) is 7.95. The summed E-state index contributed by atoms with van der Waals surface area (Å²) >= 11 is 0. The van der Waals surface area contributed by atoms with Crippen molar-refractivity contribution in [1.29, 1.82) is 0 Å². The monoisotopic (exact) mass is 286 g/mol. The van der Waals surface area contributed by atoms with Crippen LogP contribution in [0.25, 0.3) is 0 Å². The van der Waals surface area contributed by atoms with E-state index in [-0.39, 0.29) is 12.5 Å². The van der Waals surface area contributed by atoms with Crippen molar-refractivity contribution in [2.24, 2.45) is 0 Å². The summed E-state index contributed by atoms with van der Waals surface area (Å²) in [6, 6.07) is 14.5. The zero-order chi connectivity index (χ0) is 15.1. The number of hydrogen-bond donors (Lipinski definition) is 2. The van der Waals surface area contributed by atoms with E-state index in [1.54, 1.807) is 31.4 Å². The lowest BCUT2D eigenvalue weighted by atomic mass is 10.2. The molecule has 0 atom stereocenters. The number of carbonyl (C=O) groups excluding carboxylic acids is 1. The van der Waals surface area contributed by atoms with Gasteiger partial charge in [-0.1, -0.05) is 18.2 Å². The molecule has 2 aromatic rings. The van der Waals surface area contributed by atoms with Crippen molar-refractivity contribution < 1.29 is 14.3 Å². The van der Waals surface area contributed by atoms with Crippen molar-refractivity contribution in [1.82, 2.24) is 0 Å². The van der Waals surface area contributed by atoms with Gasteiger partial charge in [0.05, 0.1) is 13.7 Å². The second-order valence-corrected chi connectivity index (χ2v) is 4.51. The lowest BCUT2D eigenvalue weighted by Gasteiger charge is -2.08. The summed E-state index contributed by atoms with van der Waals surface area (Å²) in [7, 11) is 1.58. The standard InChI is InChI=1S/C16H18N2O3/c1-20-15-4-2-3-14(9-15)18-16(19)11-21-10-12-5-7-13(17)8-6-12/h2-9H,10-11,17H2,1H3,(H,18,19). The molecule has 0 unspecified atom stereocenters. The minimum absolute atomic E-state index is 0.0123. The predicted molar refractivity (Wildman–Crippen MR) is 82.1 cm³/mol. The average molecular weight is 286 g/mol. The van der Waals surface area contributed by atoms with Crippen LogP contribution in [0.15, 0.2) is 48.5 Å². The number of rotatable bonds is 6. The molecule has 21 heavy (non-hydrogen) atoms. The van der Waals surface area contributed by atoms with Gasteiger partial charge in [-0.15, -0.1) is 0 Å². The lowest BCUT2D eigenvalue weighted by molar-refractivity contribution is -0.121. The largest absolute Gasteiger partial charge is 0.497 e. The molecule has 2 rings (SSSR count). The third-order valence-corrected chi connectivity index (χ3v) is 2.84. The van der Waals surface area contributed by atoms with Crippen molar-refractivity contribution in [3.8, 4) is 5.75 Å². The molecule has 0 saturated carbocycles. The average Bonchev–Trinajstić information content (AvgIpc) is 2.49. The zero-order valence-corrected chi connectivity index (χ0v) is 11.8. The van der Waals surface area contributed by atoms with Gasteiger partial charge in [-0.2, -0.15) is 0 Å². The number of nitrogen functional groups attached to an aromatic ring is 1. The third kappa shape index (κ3) is 4.81. The van der Waals surface area contributed by atoms with Crippen molar-refractivity contribution in [2.75, 3.05) is 24.8 Å². The Morgan fingerprint density at radius 1 is 1.19 bits per heavy atom. The fourth-order valence-corrected chi connectivity index (χ4v) is 1.77. The Morgan fingerprint density at radius 2 is 1.95 bits per heavy atom. The Bertz CT molecular complexity index is 597. The summed E-state index contributed by atoms with van der Waals surface area (Å²) in [4.78, 5) is 11.8. The van der Waals surface area contributed by atoms with E-state index < -0.39 is 0 Å². The molecule has 0 fully saturated rings. The van der Waals surface area contributed by atoms with E-state index in [1.165, 1.54) is 0 Å². The van der Waals surface area contributed by atoms with Crippen molar-refractivity contribution in [3.63, 3.8) is 0 Å². The number of nitrogens with two attached hydrogens (primary N) is 1. The first kappa shape index (κ1) is 14.9. The van der Waals surface area contributed by atoms with Crippen LogP contribution >= 0.6 is 0 Å². The molecule has 0 aliphatic carbocycles. The SMILES string of the molecule is COc1cccc(NC(=O)COCc2ccc(N)cc2)c1. The molecule has 110 valence electrons. The summed E-state index contributed by atoms with van der Waals surface area (Å²) in [5, 5.41) is 2.75. The Hall–Kier alpha value is -2.53. The van der Waals surface area contributed by atoms with Crippen LogP contribution in [0, 0.1) is 0 Å². The van der Waals surface area contributed by atoms with Crippen LogP contribution < -0.4 is 15.8 Å². The van der Waals surface area contributed by atoms with Crippen LogP contribution in [0.3, 0.4) is 0 Å². The fourth-order valence-electron chi connectivity index (χ4n) is 1.77.